The quantitative estimate of drug-likeness (QED) is 0.191. The van der Waals surface area contributed by atoms with Crippen molar-refractivity contribution in [2.75, 3.05) is 0 Å². The number of benzene rings is 5. The first-order chi connectivity index (χ1) is 24.2. The van der Waals surface area contributed by atoms with Crippen molar-refractivity contribution in [2.24, 2.45) is 0 Å². The summed E-state index contributed by atoms with van der Waals surface area (Å²) in [6, 6.07) is 37.1. The van der Waals surface area contributed by atoms with Crippen LogP contribution in [0.2, 0.25) is 0 Å². The van der Waals surface area contributed by atoms with Crippen molar-refractivity contribution >= 4 is 45.1 Å². The molecule has 0 bridgehead atoms. The molecule has 4 heterocycles. The summed E-state index contributed by atoms with van der Waals surface area (Å²) in [4.78, 5) is 10.4. The second-order valence-corrected chi connectivity index (χ2v) is 14.7. The number of nitrogens with zero attached hydrogens (tertiary/aromatic N) is 3. The Morgan fingerprint density at radius 1 is 0.620 bits per heavy atom. The van der Waals surface area contributed by atoms with Gasteiger partial charge in [-0.25, -0.2) is 9.97 Å². The van der Waals surface area contributed by atoms with Crippen LogP contribution in [0.4, 0.5) is 0 Å². The second-order valence-electron chi connectivity index (χ2n) is 14.7. The lowest BCUT2D eigenvalue weighted by molar-refractivity contribution is 0.630. The maximum atomic E-state index is 6.51. The van der Waals surface area contributed by atoms with Gasteiger partial charge in [-0.15, -0.1) is 0 Å². The molecule has 1 aliphatic heterocycles. The van der Waals surface area contributed by atoms with E-state index in [2.05, 4.69) is 142 Å². The van der Waals surface area contributed by atoms with Crippen LogP contribution in [0.5, 0.6) is 0 Å². The summed E-state index contributed by atoms with van der Waals surface area (Å²) < 4.78 is 8.92. The summed E-state index contributed by atoms with van der Waals surface area (Å²) in [5, 5.41) is 2.25. The molecule has 2 aliphatic rings. The zero-order chi connectivity index (χ0) is 34.1. The van der Waals surface area contributed by atoms with Gasteiger partial charge in [-0.05, 0) is 81.9 Å². The number of aromatic nitrogens is 3. The van der Waals surface area contributed by atoms with E-state index in [0.717, 1.165) is 61.2 Å². The largest absolute Gasteiger partial charge is 0.454 e. The van der Waals surface area contributed by atoms with Crippen LogP contribution in [0, 0.1) is 0 Å². The highest BCUT2D eigenvalue weighted by Gasteiger charge is 2.38. The van der Waals surface area contributed by atoms with E-state index in [1.807, 2.05) is 18.2 Å². The number of hydrogen-bond donors (Lipinski definition) is 0. The first kappa shape index (κ1) is 29.0. The number of furan rings is 1. The zero-order valence-electron chi connectivity index (χ0n) is 28.6. The van der Waals surface area contributed by atoms with E-state index in [9.17, 15) is 0 Å². The Balaban J connectivity index is 1.18. The first-order valence-electron chi connectivity index (χ1n) is 17.2. The summed E-state index contributed by atoms with van der Waals surface area (Å²) >= 11 is 0. The molecule has 0 saturated carbocycles. The SMILES string of the molecule is C=Cc1nc(-c2ccc3c(c2)C(C)(C)c2cccc4c5oc6ccccc6c5n-3c24)nc(-c2ccc3c(c2)C(C)(C)c2ccccc2-3)c1C=C. The minimum Gasteiger partial charge on any atom is -0.454 e. The fourth-order valence-electron chi connectivity index (χ4n) is 8.82. The van der Waals surface area contributed by atoms with Crippen LogP contribution in [-0.4, -0.2) is 14.5 Å². The van der Waals surface area contributed by atoms with Crippen molar-refractivity contribution in [3.05, 3.63) is 150 Å². The number of fused-ring (bicyclic) bond motifs is 10. The Hall–Kier alpha value is -6.00. The van der Waals surface area contributed by atoms with E-state index >= 15 is 0 Å². The molecule has 4 nitrogen and oxygen atoms in total. The molecule has 1 aliphatic carbocycles. The minimum absolute atomic E-state index is 0.122. The molecular weight excluding hydrogens is 611 g/mol. The molecule has 0 saturated heterocycles. The lowest BCUT2D eigenvalue weighted by Gasteiger charge is -2.35. The third kappa shape index (κ3) is 3.60. The molecule has 4 heteroatoms. The van der Waals surface area contributed by atoms with E-state index in [-0.39, 0.29) is 10.8 Å². The maximum absolute atomic E-state index is 6.51. The molecule has 3 aromatic heterocycles. The molecule has 5 aromatic carbocycles. The third-order valence-electron chi connectivity index (χ3n) is 11.4. The van der Waals surface area contributed by atoms with Gasteiger partial charge in [0.1, 0.15) is 11.1 Å². The van der Waals surface area contributed by atoms with E-state index < -0.39 is 0 Å². The number of para-hydroxylation sites is 2. The molecule has 240 valence electrons. The van der Waals surface area contributed by atoms with E-state index in [4.69, 9.17) is 14.4 Å². The Kier molecular flexibility index (Phi) is 5.67. The molecule has 0 fully saturated rings. The van der Waals surface area contributed by atoms with Gasteiger partial charge >= 0.3 is 0 Å². The van der Waals surface area contributed by atoms with Gasteiger partial charge in [0.05, 0.1) is 22.6 Å². The standard InChI is InChI=1S/C46H35N3O/c1-7-28-37(8-2)47-44(48-40(28)26-20-22-30-29-14-9-11-17-33(29)45(3,4)35(30)24-26)27-21-23-38-36(25-27)46(5,6)34-18-13-16-32-41(34)49(38)42-31-15-10-12-19-39(31)50-43(32)42/h7-25H,1-2H2,3-6H3. The molecule has 50 heavy (non-hydrogen) atoms. The predicted molar refractivity (Wildman–Crippen MR) is 207 cm³/mol. The topological polar surface area (TPSA) is 43.9 Å². The molecule has 0 amide bonds. The average molecular weight is 646 g/mol. The highest BCUT2D eigenvalue weighted by atomic mass is 16.3. The summed E-state index contributed by atoms with van der Waals surface area (Å²) in [6.45, 7) is 17.6. The van der Waals surface area contributed by atoms with Crippen LogP contribution in [0.15, 0.2) is 121 Å². The number of rotatable bonds is 4. The predicted octanol–water partition coefficient (Wildman–Crippen LogP) is 11.9. The molecule has 8 aromatic rings. The van der Waals surface area contributed by atoms with Crippen molar-refractivity contribution in [1.82, 2.24) is 14.5 Å². The monoisotopic (exact) mass is 645 g/mol. The Morgan fingerprint density at radius 2 is 1.32 bits per heavy atom. The van der Waals surface area contributed by atoms with Crippen molar-refractivity contribution in [3.63, 3.8) is 0 Å². The Bertz CT molecular complexity index is 2810. The number of hydrogen-bond acceptors (Lipinski definition) is 3. The summed E-state index contributed by atoms with van der Waals surface area (Å²) in [5.74, 6) is 0.664. The molecule has 0 unspecified atom stereocenters. The maximum Gasteiger partial charge on any atom is 0.161 e. The van der Waals surface area contributed by atoms with Crippen LogP contribution in [-0.2, 0) is 10.8 Å². The van der Waals surface area contributed by atoms with Crippen molar-refractivity contribution in [3.8, 4) is 39.5 Å². The lowest BCUT2D eigenvalue weighted by Crippen LogP contribution is -2.26. The van der Waals surface area contributed by atoms with Crippen molar-refractivity contribution in [2.45, 2.75) is 38.5 Å². The lowest BCUT2D eigenvalue weighted by atomic mass is 9.74. The molecule has 0 spiro atoms. The van der Waals surface area contributed by atoms with Crippen LogP contribution < -0.4 is 0 Å². The van der Waals surface area contributed by atoms with E-state index in [1.165, 1.54) is 38.9 Å². The van der Waals surface area contributed by atoms with Crippen LogP contribution in [0.25, 0.3) is 84.6 Å². The Labute approximate surface area is 291 Å². The average Bonchev–Trinajstić information content (AvgIpc) is 3.75. The molecular formula is C46H35N3O. The fraction of sp³-hybridized carbons (Fsp3) is 0.130. The summed E-state index contributed by atoms with van der Waals surface area (Å²) in [7, 11) is 0. The van der Waals surface area contributed by atoms with Gasteiger partial charge < -0.3 is 8.98 Å². The van der Waals surface area contributed by atoms with Gasteiger partial charge in [0, 0.05) is 38.3 Å². The fourth-order valence-corrected chi connectivity index (χ4v) is 8.82. The highest BCUT2D eigenvalue weighted by molar-refractivity contribution is 6.17. The van der Waals surface area contributed by atoms with Gasteiger partial charge in [-0.1, -0.05) is 108 Å². The summed E-state index contributed by atoms with van der Waals surface area (Å²) in [6.07, 6.45) is 3.67. The summed E-state index contributed by atoms with van der Waals surface area (Å²) in [5.41, 5.74) is 17.1. The van der Waals surface area contributed by atoms with Gasteiger partial charge in [0.15, 0.2) is 11.4 Å². The molecule has 10 rings (SSSR count). The first-order valence-corrected chi connectivity index (χ1v) is 17.2. The van der Waals surface area contributed by atoms with Crippen molar-refractivity contribution < 1.29 is 4.42 Å². The highest BCUT2D eigenvalue weighted by Crippen LogP contribution is 2.51. The molecule has 0 atom stereocenters. The van der Waals surface area contributed by atoms with Crippen molar-refractivity contribution in [1.29, 1.82) is 0 Å². The van der Waals surface area contributed by atoms with Gasteiger partial charge in [-0.2, -0.15) is 0 Å². The minimum atomic E-state index is -0.280. The molecule has 0 radical (unpaired) electrons. The van der Waals surface area contributed by atoms with E-state index in [0.29, 0.717) is 5.82 Å². The van der Waals surface area contributed by atoms with Gasteiger partial charge in [0.25, 0.3) is 0 Å². The Morgan fingerprint density at radius 3 is 2.16 bits per heavy atom. The van der Waals surface area contributed by atoms with Crippen LogP contribution in [0.3, 0.4) is 0 Å². The molecule has 0 N–H and O–H groups in total. The van der Waals surface area contributed by atoms with Gasteiger partial charge in [-0.3, -0.25) is 0 Å². The van der Waals surface area contributed by atoms with Crippen LogP contribution >= 0.6 is 0 Å². The van der Waals surface area contributed by atoms with Crippen LogP contribution in [0.1, 0.15) is 61.2 Å². The second kappa shape index (κ2) is 9.79. The third-order valence-corrected chi connectivity index (χ3v) is 11.4. The van der Waals surface area contributed by atoms with E-state index in [1.54, 1.807) is 0 Å². The smallest absolute Gasteiger partial charge is 0.161 e. The normalized spacial score (nSPS) is 14.9. The zero-order valence-corrected chi connectivity index (χ0v) is 28.6. The van der Waals surface area contributed by atoms with Gasteiger partial charge in [0.2, 0.25) is 0 Å².